The van der Waals surface area contributed by atoms with Crippen LogP contribution in [0.4, 0.5) is 4.79 Å². The average molecular weight is 387 g/mol. The van der Waals surface area contributed by atoms with Gasteiger partial charge in [-0.2, -0.15) is 0 Å². The first-order chi connectivity index (χ1) is 13.1. The molecular formula is C22H34N4O2. The largest absolute Gasteiger partial charge is 0.444 e. The van der Waals surface area contributed by atoms with Crippen LogP contribution in [0.2, 0.25) is 0 Å². The van der Waals surface area contributed by atoms with Gasteiger partial charge in [-0.3, -0.25) is 0 Å². The number of alkyl carbamates (subject to hydrolysis) is 1. The van der Waals surface area contributed by atoms with Crippen LogP contribution in [0.1, 0.15) is 63.9 Å². The van der Waals surface area contributed by atoms with E-state index in [0.29, 0.717) is 0 Å². The predicted octanol–water partition coefficient (Wildman–Crippen LogP) is 4.39. The summed E-state index contributed by atoms with van der Waals surface area (Å²) in [6, 6.07) is 6.26. The molecule has 1 aliphatic rings. The number of carbonyl (C=O) groups excluding carboxylic acids is 1. The van der Waals surface area contributed by atoms with E-state index in [4.69, 9.17) is 9.72 Å². The van der Waals surface area contributed by atoms with Gasteiger partial charge in [-0.1, -0.05) is 18.9 Å². The molecule has 1 amide bonds. The highest BCUT2D eigenvalue weighted by Gasteiger charge is 2.28. The maximum atomic E-state index is 12.4. The number of carbonyl (C=O) groups is 1. The van der Waals surface area contributed by atoms with Crippen LogP contribution in [0.25, 0.3) is 11.0 Å². The van der Waals surface area contributed by atoms with Crippen LogP contribution in [-0.2, 0) is 18.3 Å². The molecule has 1 atom stereocenters. The highest BCUT2D eigenvalue weighted by Crippen LogP contribution is 2.36. The standard InChI is InChI=1S/C22H34N4O2/c1-22(2,3)28-21(27)24-17(11-9-15-7-8-15)20-23-18-13-16(14-25(4)5)10-12-19(18)26(20)6/h10,12-13,15,17H,7-9,11,14H2,1-6H3,(H,24,27). The first kappa shape index (κ1) is 20.6. The van der Waals surface area contributed by atoms with Crippen molar-refractivity contribution >= 4 is 17.1 Å². The minimum atomic E-state index is -0.515. The number of rotatable bonds is 7. The van der Waals surface area contributed by atoms with Gasteiger partial charge in [0.25, 0.3) is 0 Å². The van der Waals surface area contributed by atoms with Crippen LogP contribution < -0.4 is 5.32 Å². The molecule has 0 saturated heterocycles. The molecule has 0 spiro atoms. The SMILES string of the molecule is CN(C)Cc1ccc2c(c1)nc(C(CCC1CC1)NC(=O)OC(C)(C)C)n2C. The Labute approximate surface area is 168 Å². The molecule has 1 unspecified atom stereocenters. The zero-order chi connectivity index (χ0) is 20.5. The van der Waals surface area contributed by atoms with Crippen molar-refractivity contribution < 1.29 is 9.53 Å². The van der Waals surface area contributed by atoms with Gasteiger partial charge in [0.05, 0.1) is 17.1 Å². The Morgan fingerprint density at radius 2 is 2.07 bits per heavy atom. The Balaban J connectivity index is 1.85. The van der Waals surface area contributed by atoms with Gasteiger partial charge in [-0.25, -0.2) is 9.78 Å². The summed E-state index contributed by atoms with van der Waals surface area (Å²) in [7, 11) is 6.15. The Bertz CT molecular complexity index is 831. The van der Waals surface area contributed by atoms with E-state index in [9.17, 15) is 4.79 Å². The maximum absolute atomic E-state index is 12.4. The van der Waals surface area contributed by atoms with Gasteiger partial charge in [0.2, 0.25) is 0 Å². The van der Waals surface area contributed by atoms with Gasteiger partial charge in [0.1, 0.15) is 11.4 Å². The number of nitrogens with zero attached hydrogens (tertiary/aromatic N) is 3. The monoisotopic (exact) mass is 386 g/mol. The average Bonchev–Trinajstić information content (AvgIpc) is 3.33. The van der Waals surface area contributed by atoms with E-state index >= 15 is 0 Å². The van der Waals surface area contributed by atoms with E-state index in [1.165, 1.54) is 18.4 Å². The first-order valence-electron chi connectivity index (χ1n) is 10.2. The first-order valence-corrected chi connectivity index (χ1v) is 10.2. The van der Waals surface area contributed by atoms with Crippen LogP contribution in [0, 0.1) is 5.92 Å². The van der Waals surface area contributed by atoms with Crippen molar-refractivity contribution in [1.29, 1.82) is 0 Å². The Morgan fingerprint density at radius 3 is 2.68 bits per heavy atom. The highest BCUT2D eigenvalue weighted by atomic mass is 16.6. The zero-order valence-corrected chi connectivity index (χ0v) is 18.1. The fraction of sp³-hybridized carbons (Fsp3) is 0.636. The molecule has 1 fully saturated rings. The summed E-state index contributed by atoms with van der Waals surface area (Å²) in [4.78, 5) is 19.5. The van der Waals surface area contributed by atoms with E-state index in [1.807, 2.05) is 27.8 Å². The second-order valence-corrected chi connectivity index (χ2v) is 9.31. The minimum absolute atomic E-state index is 0.148. The topological polar surface area (TPSA) is 59.4 Å². The third kappa shape index (κ3) is 5.47. The smallest absolute Gasteiger partial charge is 0.408 e. The normalized spacial score (nSPS) is 15.8. The molecule has 28 heavy (non-hydrogen) atoms. The van der Waals surface area contributed by atoms with E-state index in [0.717, 1.165) is 42.2 Å². The Morgan fingerprint density at radius 1 is 1.36 bits per heavy atom. The zero-order valence-electron chi connectivity index (χ0n) is 18.1. The third-order valence-corrected chi connectivity index (χ3v) is 5.04. The second-order valence-electron chi connectivity index (χ2n) is 9.31. The number of hydrogen-bond acceptors (Lipinski definition) is 4. The van der Waals surface area contributed by atoms with Gasteiger partial charge >= 0.3 is 6.09 Å². The van der Waals surface area contributed by atoms with Crippen molar-refractivity contribution in [3.63, 3.8) is 0 Å². The molecule has 154 valence electrons. The summed E-state index contributed by atoms with van der Waals surface area (Å²) in [6.07, 6.45) is 4.21. The van der Waals surface area contributed by atoms with E-state index < -0.39 is 5.60 Å². The van der Waals surface area contributed by atoms with E-state index in [1.54, 1.807) is 0 Å². The number of amides is 1. The number of aromatic nitrogens is 2. The van der Waals surface area contributed by atoms with Crippen LogP contribution in [0.5, 0.6) is 0 Å². The highest BCUT2D eigenvalue weighted by molar-refractivity contribution is 5.77. The summed E-state index contributed by atoms with van der Waals surface area (Å²) in [6.45, 7) is 6.52. The van der Waals surface area contributed by atoms with Crippen molar-refractivity contribution in [2.45, 2.75) is 64.6 Å². The molecule has 1 N–H and O–H groups in total. The fourth-order valence-corrected chi connectivity index (χ4v) is 3.56. The number of nitrogens with one attached hydrogen (secondary N) is 1. The van der Waals surface area contributed by atoms with Gasteiger partial charge < -0.3 is 19.5 Å². The van der Waals surface area contributed by atoms with Crippen molar-refractivity contribution in [2.24, 2.45) is 13.0 Å². The molecule has 6 heteroatoms. The number of hydrogen-bond donors (Lipinski definition) is 1. The van der Waals surface area contributed by atoms with Crippen LogP contribution in [0.15, 0.2) is 18.2 Å². The molecule has 0 aliphatic heterocycles. The Kier molecular flexibility index (Phi) is 5.98. The molecule has 1 aromatic heterocycles. The number of benzene rings is 1. The lowest BCUT2D eigenvalue weighted by molar-refractivity contribution is 0.0497. The van der Waals surface area contributed by atoms with Crippen LogP contribution >= 0.6 is 0 Å². The molecule has 1 aliphatic carbocycles. The molecule has 0 radical (unpaired) electrons. The lowest BCUT2D eigenvalue weighted by atomic mass is 10.1. The summed E-state index contributed by atoms with van der Waals surface area (Å²) < 4.78 is 7.60. The van der Waals surface area contributed by atoms with Crippen LogP contribution in [0.3, 0.4) is 0 Å². The van der Waals surface area contributed by atoms with Gasteiger partial charge in [-0.15, -0.1) is 0 Å². The molecule has 1 heterocycles. The summed E-state index contributed by atoms with van der Waals surface area (Å²) >= 11 is 0. The van der Waals surface area contributed by atoms with E-state index in [2.05, 4.69) is 47.1 Å². The number of imidazole rings is 1. The fourth-order valence-electron chi connectivity index (χ4n) is 3.56. The predicted molar refractivity (Wildman–Crippen MR) is 112 cm³/mol. The second kappa shape index (κ2) is 8.11. The Hall–Kier alpha value is -2.08. The van der Waals surface area contributed by atoms with Crippen molar-refractivity contribution in [3.05, 3.63) is 29.6 Å². The van der Waals surface area contributed by atoms with Crippen molar-refractivity contribution in [3.8, 4) is 0 Å². The summed E-state index contributed by atoms with van der Waals surface area (Å²) in [5, 5.41) is 3.07. The molecule has 1 saturated carbocycles. The van der Waals surface area contributed by atoms with Gasteiger partial charge in [-0.05, 0) is 71.3 Å². The molecule has 1 aromatic carbocycles. The quantitative estimate of drug-likeness (QED) is 0.767. The lowest BCUT2D eigenvalue weighted by Gasteiger charge is -2.23. The summed E-state index contributed by atoms with van der Waals surface area (Å²) in [5.74, 6) is 1.69. The maximum Gasteiger partial charge on any atom is 0.408 e. The van der Waals surface area contributed by atoms with Gasteiger partial charge in [0.15, 0.2) is 0 Å². The molecular weight excluding hydrogens is 352 g/mol. The van der Waals surface area contributed by atoms with Crippen molar-refractivity contribution in [2.75, 3.05) is 14.1 Å². The number of fused-ring (bicyclic) bond motifs is 1. The number of ether oxygens (including phenoxy) is 1. The van der Waals surface area contributed by atoms with Crippen LogP contribution in [-0.4, -0.2) is 40.2 Å². The van der Waals surface area contributed by atoms with Gasteiger partial charge in [0, 0.05) is 13.6 Å². The van der Waals surface area contributed by atoms with E-state index in [-0.39, 0.29) is 12.1 Å². The molecule has 6 nitrogen and oxygen atoms in total. The molecule has 3 rings (SSSR count). The molecule has 0 bridgehead atoms. The van der Waals surface area contributed by atoms with Crippen molar-refractivity contribution in [1.82, 2.24) is 19.8 Å². The number of aryl methyl sites for hydroxylation is 1. The summed E-state index contributed by atoms with van der Waals surface area (Å²) in [5.41, 5.74) is 2.77. The minimum Gasteiger partial charge on any atom is -0.444 e. The third-order valence-electron chi connectivity index (χ3n) is 5.04. The molecule has 2 aromatic rings. The lowest BCUT2D eigenvalue weighted by Crippen LogP contribution is -2.36.